The molecule has 10 heteroatoms. The molecule has 0 aliphatic rings. The maximum Gasteiger partial charge on any atom is 0.271 e. The highest BCUT2D eigenvalue weighted by atomic mass is 35.5. The second-order valence-electron chi connectivity index (χ2n) is 7.24. The van der Waals surface area contributed by atoms with Crippen molar-refractivity contribution in [1.29, 1.82) is 0 Å². The quantitative estimate of drug-likeness (QED) is 0.172. The molecular formula is C24H24Cl2FN3O4. The number of nitro benzene ring substituents is 1. The summed E-state index contributed by atoms with van der Waals surface area (Å²) < 4.78 is 25.4. The first-order chi connectivity index (χ1) is 16.4. The van der Waals surface area contributed by atoms with Gasteiger partial charge in [-0.2, -0.15) is 0 Å². The second kappa shape index (κ2) is 12.4. The summed E-state index contributed by atoms with van der Waals surface area (Å²) in [5, 5.41) is 17.9. The molecule has 3 rings (SSSR count). The van der Waals surface area contributed by atoms with E-state index in [2.05, 4.69) is 10.6 Å². The van der Waals surface area contributed by atoms with E-state index >= 15 is 0 Å². The zero-order valence-corrected chi connectivity index (χ0v) is 20.0. The molecule has 0 atom stereocenters. The van der Waals surface area contributed by atoms with E-state index in [1.165, 1.54) is 18.2 Å². The first-order valence-corrected chi connectivity index (χ1v) is 11.3. The van der Waals surface area contributed by atoms with Crippen LogP contribution in [0.3, 0.4) is 0 Å². The van der Waals surface area contributed by atoms with E-state index in [9.17, 15) is 14.5 Å². The van der Waals surface area contributed by atoms with Crippen molar-refractivity contribution in [1.82, 2.24) is 5.32 Å². The summed E-state index contributed by atoms with van der Waals surface area (Å²) in [6.45, 7) is 3.97. The minimum absolute atomic E-state index is 0.0287. The van der Waals surface area contributed by atoms with E-state index in [-0.39, 0.29) is 23.1 Å². The Bertz CT molecular complexity index is 1150. The van der Waals surface area contributed by atoms with E-state index in [4.69, 9.17) is 32.7 Å². The van der Waals surface area contributed by atoms with Gasteiger partial charge in [-0.1, -0.05) is 41.4 Å². The van der Waals surface area contributed by atoms with Crippen LogP contribution in [0.25, 0.3) is 0 Å². The van der Waals surface area contributed by atoms with Crippen molar-refractivity contribution in [2.75, 3.05) is 25.0 Å². The molecule has 34 heavy (non-hydrogen) atoms. The molecular weight excluding hydrogens is 484 g/mol. The topological polar surface area (TPSA) is 85.7 Å². The van der Waals surface area contributed by atoms with Gasteiger partial charge >= 0.3 is 0 Å². The Labute approximate surface area is 206 Å². The zero-order valence-electron chi connectivity index (χ0n) is 18.4. The van der Waals surface area contributed by atoms with Crippen molar-refractivity contribution in [3.05, 3.63) is 91.7 Å². The van der Waals surface area contributed by atoms with E-state index in [1.54, 1.807) is 30.3 Å². The van der Waals surface area contributed by atoms with Crippen LogP contribution >= 0.6 is 23.2 Å². The molecule has 0 aliphatic heterocycles. The number of nitrogens with one attached hydrogen (secondary N) is 2. The first kappa shape index (κ1) is 25.6. The van der Waals surface area contributed by atoms with Crippen molar-refractivity contribution in [2.24, 2.45) is 0 Å². The molecule has 0 aliphatic carbocycles. The Hall–Kier alpha value is -3.07. The molecule has 0 spiro atoms. The third kappa shape index (κ3) is 6.96. The van der Waals surface area contributed by atoms with Gasteiger partial charge in [0.25, 0.3) is 5.69 Å². The van der Waals surface area contributed by atoms with Crippen molar-refractivity contribution >= 4 is 34.6 Å². The number of halogens is 3. The van der Waals surface area contributed by atoms with Crippen LogP contribution in [-0.4, -0.2) is 24.6 Å². The summed E-state index contributed by atoms with van der Waals surface area (Å²) >= 11 is 12.5. The van der Waals surface area contributed by atoms with Gasteiger partial charge in [0.1, 0.15) is 12.4 Å². The monoisotopic (exact) mass is 507 g/mol. The van der Waals surface area contributed by atoms with E-state index < -0.39 is 4.92 Å². The minimum atomic E-state index is -0.491. The van der Waals surface area contributed by atoms with Gasteiger partial charge in [0.2, 0.25) is 0 Å². The van der Waals surface area contributed by atoms with E-state index in [1.807, 2.05) is 13.0 Å². The number of nitro groups is 1. The van der Waals surface area contributed by atoms with Gasteiger partial charge in [0.15, 0.2) is 11.5 Å². The third-order valence-corrected chi connectivity index (χ3v) is 5.40. The molecule has 0 bridgehead atoms. The molecule has 0 heterocycles. The average Bonchev–Trinajstić information content (AvgIpc) is 2.80. The fraction of sp³-hybridized carbons (Fsp3) is 0.250. The molecule has 7 nitrogen and oxygen atoms in total. The van der Waals surface area contributed by atoms with Gasteiger partial charge in [-0.15, -0.1) is 0 Å². The molecule has 0 amide bonds. The van der Waals surface area contributed by atoms with Crippen LogP contribution in [0, 0.1) is 15.9 Å². The van der Waals surface area contributed by atoms with Gasteiger partial charge < -0.3 is 20.1 Å². The summed E-state index contributed by atoms with van der Waals surface area (Å²) in [7, 11) is 0. The lowest BCUT2D eigenvalue weighted by molar-refractivity contribution is -0.384. The zero-order chi connectivity index (χ0) is 24.5. The minimum Gasteiger partial charge on any atom is -0.490 e. The number of hydrogen-bond donors (Lipinski definition) is 2. The predicted molar refractivity (Wildman–Crippen MR) is 132 cm³/mol. The smallest absolute Gasteiger partial charge is 0.271 e. The van der Waals surface area contributed by atoms with Crippen LogP contribution in [0.5, 0.6) is 11.5 Å². The molecule has 0 unspecified atom stereocenters. The van der Waals surface area contributed by atoms with Crippen LogP contribution in [0.15, 0.2) is 54.6 Å². The number of non-ortho nitro benzene ring substituents is 1. The largest absolute Gasteiger partial charge is 0.490 e. The number of ether oxygens (including phenoxy) is 2. The van der Waals surface area contributed by atoms with E-state index in [0.717, 1.165) is 5.56 Å². The predicted octanol–water partition coefficient (Wildman–Crippen LogP) is 6.22. The van der Waals surface area contributed by atoms with Gasteiger partial charge in [0, 0.05) is 37.3 Å². The van der Waals surface area contributed by atoms with Gasteiger partial charge in [-0.3, -0.25) is 10.1 Å². The SMILES string of the molecule is CCOc1cc(CNCCNc2ccc([N+](=O)[O-])cc2Cl)cc(Cl)c1OCc1ccccc1F. The highest BCUT2D eigenvalue weighted by Gasteiger charge is 2.14. The number of nitrogens with zero attached hydrogens (tertiary/aromatic N) is 1. The molecule has 3 aromatic carbocycles. The summed E-state index contributed by atoms with van der Waals surface area (Å²) in [5.41, 5.74) is 1.87. The third-order valence-electron chi connectivity index (χ3n) is 4.81. The summed E-state index contributed by atoms with van der Waals surface area (Å²) in [6.07, 6.45) is 0. The Morgan fingerprint density at radius 1 is 1.03 bits per heavy atom. The van der Waals surface area contributed by atoms with Crippen molar-refractivity contribution < 1.29 is 18.8 Å². The molecule has 0 saturated carbocycles. The number of benzene rings is 3. The van der Waals surface area contributed by atoms with Crippen molar-refractivity contribution in [2.45, 2.75) is 20.1 Å². The number of hydrogen-bond acceptors (Lipinski definition) is 6. The summed E-state index contributed by atoms with van der Waals surface area (Å²) in [6, 6.07) is 14.3. The van der Waals surface area contributed by atoms with Crippen molar-refractivity contribution in [3.63, 3.8) is 0 Å². The Morgan fingerprint density at radius 2 is 1.82 bits per heavy atom. The van der Waals surface area contributed by atoms with E-state index in [0.29, 0.717) is 54.0 Å². The first-order valence-electron chi connectivity index (χ1n) is 10.6. The van der Waals surface area contributed by atoms with Crippen molar-refractivity contribution in [3.8, 4) is 11.5 Å². The lowest BCUT2D eigenvalue weighted by Crippen LogP contribution is -2.22. The normalized spacial score (nSPS) is 10.7. The van der Waals surface area contributed by atoms with Crippen LogP contribution in [0.2, 0.25) is 10.0 Å². The highest BCUT2D eigenvalue weighted by Crippen LogP contribution is 2.37. The maximum absolute atomic E-state index is 13.9. The Morgan fingerprint density at radius 3 is 2.53 bits per heavy atom. The lowest BCUT2D eigenvalue weighted by Gasteiger charge is -2.16. The summed E-state index contributed by atoms with van der Waals surface area (Å²) in [4.78, 5) is 10.3. The maximum atomic E-state index is 13.9. The standard InChI is InChI=1S/C24H24Cl2FN3O4/c1-2-33-23-12-16(11-20(26)24(23)34-15-17-5-3-4-6-21(17)27)14-28-9-10-29-22-8-7-18(30(31)32)13-19(22)25/h3-8,11-13,28-29H,2,9-10,14-15H2,1H3. The molecule has 0 radical (unpaired) electrons. The fourth-order valence-corrected chi connectivity index (χ4v) is 3.70. The average molecular weight is 508 g/mol. The molecule has 0 fully saturated rings. The number of rotatable bonds is 12. The van der Waals surface area contributed by atoms with Crippen LogP contribution in [0.1, 0.15) is 18.1 Å². The van der Waals surface area contributed by atoms with Gasteiger partial charge in [-0.25, -0.2) is 4.39 Å². The molecule has 0 saturated heterocycles. The second-order valence-corrected chi connectivity index (χ2v) is 8.06. The van der Waals surface area contributed by atoms with Gasteiger partial charge in [-0.05, 0) is 36.8 Å². The Kier molecular flexibility index (Phi) is 9.33. The molecule has 3 aromatic rings. The Balaban J connectivity index is 1.55. The van der Waals surface area contributed by atoms with Crippen LogP contribution in [0.4, 0.5) is 15.8 Å². The fourth-order valence-electron chi connectivity index (χ4n) is 3.17. The van der Waals surface area contributed by atoms with Crippen LogP contribution in [-0.2, 0) is 13.2 Å². The summed E-state index contributed by atoms with van der Waals surface area (Å²) in [5.74, 6) is 0.505. The lowest BCUT2D eigenvalue weighted by atomic mass is 10.2. The molecule has 180 valence electrons. The highest BCUT2D eigenvalue weighted by molar-refractivity contribution is 6.33. The molecule has 2 N–H and O–H groups in total. The molecule has 0 aromatic heterocycles. The van der Waals surface area contributed by atoms with Gasteiger partial charge in [0.05, 0.1) is 27.3 Å². The van der Waals surface area contributed by atoms with Crippen LogP contribution < -0.4 is 20.1 Å². The number of anilines is 1.